The molecule has 5 rings (SSSR count). The number of nitrogens with one attached hydrogen (secondary N) is 1. The lowest BCUT2D eigenvalue weighted by Crippen LogP contribution is -2.22. The second-order valence-corrected chi connectivity index (χ2v) is 7.60. The van der Waals surface area contributed by atoms with Crippen LogP contribution in [0.5, 0.6) is 0 Å². The van der Waals surface area contributed by atoms with Crippen molar-refractivity contribution < 1.29 is 9.32 Å². The highest BCUT2D eigenvalue weighted by Crippen LogP contribution is 2.32. The molecule has 4 aromatic rings. The Bertz CT molecular complexity index is 1190. The van der Waals surface area contributed by atoms with Crippen LogP contribution in [-0.2, 0) is 11.3 Å². The molecule has 2 aromatic heterocycles. The highest BCUT2D eigenvalue weighted by atomic mass is 16.5. The average Bonchev–Trinajstić information content (AvgIpc) is 3.40. The molecule has 1 saturated heterocycles. The fourth-order valence-electron chi connectivity index (χ4n) is 4.20. The van der Waals surface area contributed by atoms with Gasteiger partial charge in [-0.1, -0.05) is 41.6 Å². The molecule has 1 aliphatic rings. The quantitative estimate of drug-likeness (QED) is 0.567. The molecule has 0 saturated carbocycles. The molecule has 0 spiro atoms. The van der Waals surface area contributed by atoms with Gasteiger partial charge in [0, 0.05) is 18.5 Å². The van der Waals surface area contributed by atoms with Crippen molar-refractivity contribution in [3.63, 3.8) is 0 Å². The van der Waals surface area contributed by atoms with Gasteiger partial charge in [0.05, 0.1) is 22.8 Å². The molecule has 0 radical (unpaired) electrons. The lowest BCUT2D eigenvalue weighted by atomic mass is 10.0. The predicted molar refractivity (Wildman–Crippen MR) is 110 cm³/mol. The number of aromatic nitrogens is 3. The summed E-state index contributed by atoms with van der Waals surface area (Å²) in [5.74, 6) is 1.80. The Morgan fingerprint density at radius 1 is 1.17 bits per heavy atom. The zero-order valence-corrected chi connectivity index (χ0v) is 16.5. The first-order chi connectivity index (χ1) is 14.1. The molecule has 1 fully saturated rings. The van der Waals surface area contributed by atoms with Crippen LogP contribution in [0.3, 0.4) is 0 Å². The summed E-state index contributed by atoms with van der Waals surface area (Å²) in [5.41, 5.74) is 6.09. The number of imidazole rings is 1. The summed E-state index contributed by atoms with van der Waals surface area (Å²) < 4.78 is 7.56. The summed E-state index contributed by atoms with van der Waals surface area (Å²) >= 11 is 0. The van der Waals surface area contributed by atoms with Gasteiger partial charge in [-0.2, -0.15) is 0 Å². The van der Waals surface area contributed by atoms with E-state index in [9.17, 15) is 4.79 Å². The second-order valence-electron chi connectivity index (χ2n) is 7.60. The minimum absolute atomic E-state index is 0.0545. The first-order valence-electron chi connectivity index (χ1n) is 9.87. The fourth-order valence-corrected chi connectivity index (χ4v) is 4.20. The van der Waals surface area contributed by atoms with Crippen LogP contribution in [0.25, 0.3) is 22.2 Å². The molecule has 1 unspecified atom stereocenters. The van der Waals surface area contributed by atoms with Crippen LogP contribution < -0.4 is 5.32 Å². The number of hydrogen-bond acceptors (Lipinski definition) is 4. The standard InChI is InChI=1S/C23H22N4O2/c1-14-22(15(2)29-26-14)17-8-10-20-19(12-17)25-23(18-9-11-21(28)24-18)27(20)13-16-6-4-3-5-7-16/h3-8,10,12,18H,9,11,13H2,1-2H3,(H,24,28). The molecule has 29 heavy (non-hydrogen) atoms. The van der Waals surface area contributed by atoms with Gasteiger partial charge in [0.15, 0.2) is 0 Å². The van der Waals surface area contributed by atoms with Crippen molar-refractivity contribution in [1.82, 2.24) is 20.0 Å². The van der Waals surface area contributed by atoms with Crippen LogP contribution in [-0.4, -0.2) is 20.6 Å². The third kappa shape index (κ3) is 3.10. The minimum atomic E-state index is -0.0545. The van der Waals surface area contributed by atoms with Gasteiger partial charge >= 0.3 is 0 Å². The Morgan fingerprint density at radius 3 is 2.69 bits per heavy atom. The minimum Gasteiger partial charge on any atom is -0.361 e. The maximum absolute atomic E-state index is 11.8. The van der Waals surface area contributed by atoms with Crippen molar-refractivity contribution in [3.05, 3.63) is 71.4 Å². The van der Waals surface area contributed by atoms with Crippen LogP contribution in [0.4, 0.5) is 0 Å². The van der Waals surface area contributed by atoms with E-state index in [0.29, 0.717) is 13.0 Å². The van der Waals surface area contributed by atoms with Crippen LogP contribution >= 0.6 is 0 Å². The Morgan fingerprint density at radius 2 is 2.00 bits per heavy atom. The Labute approximate surface area is 168 Å². The van der Waals surface area contributed by atoms with Crippen molar-refractivity contribution in [2.24, 2.45) is 0 Å². The zero-order chi connectivity index (χ0) is 20.0. The number of benzene rings is 2. The molecule has 6 heteroatoms. The van der Waals surface area contributed by atoms with Crippen molar-refractivity contribution >= 4 is 16.9 Å². The number of rotatable bonds is 4. The van der Waals surface area contributed by atoms with Gasteiger partial charge in [-0.05, 0) is 43.5 Å². The Kier molecular flexibility index (Phi) is 4.19. The maximum Gasteiger partial charge on any atom is 0.220 e. The number of hydrogen-bond donors (Lipinski definition) is 1. The van der Waals surface area contributed by atoms with Gasteiger partial charge in [0.25, 0.3) is 0 Å². The third-order valence-electron chi connectivity index (χ3n) is 5.59. The summed E-state index contributed by atoms with van der Waals surface area (Å²) in [5, 5.41) is 7.14. The largest absolute Gasteiger partial charge is 0.361 e. The highest BCUT2D eigenvalue weighted by Gasteiger charge is 2.28. The molecule has 0 aliphatic carbocycles. The van der Waals surface area contributed by atoms with Gasteiger partial charge in [-0.3, -0.25) is 4.79 Å². The molecule has 0 bridgehead atoms. The number of fused-ring (bicyclic) bond motifs is 1. The molecular formula is C23H22N4O2. The molecule has 1 atom stereocenters. The smallest absolute Gasteiger partial charge is 0.220 e. The van der Waals surface area contributed by atoms with Crippen molar-refractivity contribution in [2.75, 3.05) is 0 Å². The van der Waals surface area contributed by atoms with E-state index < -0.39 is 0 Å². The molecule has 3 heterocycles. The summed E-state index contributed by atoms with van der Waals surface area (Å²) in [6.45, 7) is 4.58. The molecule has 6 nitrogen and oxygen atoms in total. The van der Waals surface area contributed by atoms with E-state index in [1.807, 2.05) is 32.0 Å². The first-order valence-corrected chi connectivity index (χ1v) is 9.87. The van der Waals surface area contributed by atoms with Gasteiger partial charge in [-0.25, -0.2) is 4.98 Å². The number of nitrogens with zero attached hydrogens (tertiary/aromatic N) is 3. The Hall–Kier alpha value is -3.41. The van der Waals surface area contributed by atoms with Crippen LogP contribution in [0.15, 0.2) is 53.1 Å². The predicted octanol–water partition coefficient (Wildman–Crippen LogP) is 4.31. The monoisotopic (exact) mass is 386 g/mol. The highest BCUT2D eigenvalue weighted by molar-refractivity contribution is 5.84. The van der Waals surface area contributed by atoms with E-state index in [-0.39, 0.29) is 11.9 Å². The maximum atomic E-state index is 11.8. The summed E-state index contributed by atoms with van der Waals surface area (Å²) in [7, 11) is 0. The van der Waals surface area contributed by atoms with Crippen molar-refractivity contribution in [1.29, 1.82) is 0 Å². The molecular weight excluding hydrogens is 364 g/mol. The number of carbonyl (C=O) groups excluding carboxylic acids is 1. The van der Waals surface area contributed by atoms with E-state index in [1.54, 1.807) is 0 Å². The second kappa shape index (κ2) is 6.88. The molecule has 1 amide bonds. The molecule has 1 N–H and O–H groups in total. The van der Waals surface area contributed by atoms with Gasteiger partial charge in [0.2, 0.25) is 5.91 Å². The van der Waals surface area contributed by atoms with E-state index in [2.05, 4.69) is 45.4 Å². The van der Waals surface area contributed by atoms with E-state index in [0.717, 1.165) is 45.9 Å². The van der Waals surface area contributed by atoms with Crippen LogP contribution in [0.1, 0.15) is 41.7 Å². The first kappa shape index (κ1) is 17.7. The average molecular weight is 386 g/mol. The summed E-state index contributed by atoms with van der Waals surface area (Å²) in [4.78, 5) is 16.8. The van der Waals surface area contributed by atoms with Gasteiger partial charge in [-0.15, -0.1) is 0 Å². The number of amides is 1. The van der Waals surface area contributed by atoms with E-state index in [1.165, 1.54) is 5.56 Å². The SMILES string of the molecule is Cc1noc(C)c1-c1ccc2c(c1)nc(C1CCC(=O)N1)n2Cc1ccccc1. The molecule has 2 aromatic carbocycles. The zero-order valence-electron chi connectivity index (χ0n) is 16.5. The number of aryl methyl sites for hydroxylation is 2. The van der Waals surface area contributed by atoms with Gasteiger partial charge < -0.3 is 14.4 Å². The number of carbonyl (C=O) groups is 1. The van der Waals surface area contributed by atoms with E-state index >= 15 is 0 Å². The van der Waals surface area contributed by atoms with Crippen LogP contribution in [0, 0.1) is 13.8 Å². The van der Waals surface area contributed by atoms with Gasteiger partial charge in [0.1, 0.15) is 11.6 Å². The normalized spacial score (nSPS) is 16.5. The van der Waals surface area contributed by atoms with Crippen molar-refractivity contribution in [2.45, 2.75) is 39.3 Å². The summed E-state index contributed by atoms with van der Waals surface area (Å²) in [6.07, 6.45) is 1.32. The Balaban J connectivity index is 1.65. The lowest BCUT2D eigenvalue weighted by Gasteiger charge is -2.14. The molecule has 1 aliphatic heterocycles. The topological polar surface area (TPSA) is 72.9 Å². The third-order valence-corrected chi connectivity index (χ3v) is 5.59. The molecule has 146 valence electrons. The van der Waals surface area contributed by atoms with Crippen molar-refractivity contribution in [3.8, 4) is 11.1 Å². The fraction of sp³-hybridized carbons (Fsp3) is 0.261. The van der Waals surface area contributed by atoms with Crippen LogP contribution in [0.2, 0.25) is 0 Å². The summed E-state index contributed by atoms with van der Waals surface area (Å²) in [6, 6.07) is 16.6. The lowest BCUT2D eigenvalue weighted by molar-refractivity contribution is -0.119. The van der Waals surface area contributed by atoms with E-state index in [4.69, 9.17) is 9.51 Å².